The Bertz CT molecular complexity index is 992. The van der Waals surface area contributed by atoms with Gasteiger partial charge in [-0.1, -0.05) is 40.9 Å². The molecule has 0 aromatic heterocycles. The molecule has 1 saturated heterocycles. The molecule has 2 aromatic rings. The first kappa shape index (κ1) is 24.5. The van der Waals surface area contributed by atoms with Crippen LogP contribution in [0.3, 0.4) is 0 Å². The Kier molecular flexibility index (Phi) is 8.18. The van der Waals surface area contributed by atoms with Crippen LogP contribution in [-0.2, 0) is 9.59 Å². The molecule has 2 aromatic carbocycles. The van der Waals surface area contributed by atoms with E-state index < -0.39 is 0 Å². The van der Waals surface area contributed by atoms with Crippen molar-refractivity contribution in [2.45, 2.75) is 13.3 Å². The molecule has 1 aliphatic rings. The molecule has 0 atom stereocenters. The highest BCUT2D eigenvalue weighted by Crippen LogP contribution is 2.26. The Morgan fingerprint density at radius 1 is 0.906 bits per heavy atom. The van der Waals surface area contributed by atoms with Crippen LogP contribution in [0.25, 0.3) is 12.2 Å². The van der Waals surface area contributed by atoms with Crippen molar-refractivity contribution < 1.29 is 9.59 Å². The minimum atomic E-state index is -0.101. The number of hydrogen-bond donors (Lipinski definition) is 0. The van der Waals surface area contributed by atoms with E-state index in [1.807, 2.05) is 50.2 Å². The van der Waals surface area contributed by atoms with E-state index in [0.717, 1.165) is 11.1 Å². The molecule has 0 bridgehead atoms. The largest absolute Gasteiger partial charge is 0.334 e. The molecule has 0 aliphatic carbocycles. The Morgan fingerprint density at radius 3 is 1.91 bits per heavy atom. The van der Waals surface area contributed by atoms with Gasteiger partial charge in [-0.15, -0.1) is 0 Å². The van der Waals surface area contributed by atoms with E-state index in [1.54, 1.807) is 29.2 Å². The molecule has 0 spiro atoms. The molecule has 0 radical (unpaired) electrons. The van der Waals surface area contributed by atoms with Gasteiger partial charge in [0.1, 0.15) is 0 Å². The highest BCUT2D eigenvalue weighted by atomic mass is 35.5. The molecular weight excluding hydrogens is 467 g/mol. The van der Waals surface area contributed by atoms with E-state index >= 15 is 0 Å². The van der Waals surface area contributed by atoms with Crippen LogP contribution in [0.4, 0.5) is 0 Å². The predicted octanol–water partition coefficient (Wildman–Crippen LogP) is 5.79. The fourth-order valence-corrected chi connectivity index (χ4v) is 4.44. The summed E-state index contributed by atoms with van der Waals surface area (Å²) in [4.78, 5) is 29.9. The monoisotopic (exact) mass is 490 g/mol. The summed E-state index contributed by atoms with van der Waals surface area (Å²) >= 11 is 18.5. The molecule has 0 saturated carbocycles. The SMILES string of the molecule is Cc1cc(Cl)cc(/C=C2\CN(C(=O)CCN(C)C)C/C(=C\c3cc(Cl)cc(Cl)c3)C2=O)c1. The van der Waals surface area contributed by atoms with E-state index in [-0.39, 0.29) is 24.8 Å². The van der Waals surface area contributed by atoms with Crippen molar-refractivity contribution in [3.05, 3.63) is 79.3 Å². The Hall–Kier alpha value is -2.11. The van der Waals surface area contributed by atoms with Crippen LogP contribution in [-0.4, -0.2) is 55.2 Å². The second-order valence-corrected chi connectivity index (χ2v) is 9.55. The minimum absolute atomic E-state index is 0.00518. The third-order valence-electron chi connectivity index (χ3n) is 5.06. The number of rotatable bonds is 5. The molecule has 4 nitrogen and oxygen atoms in total. The van der Waals surface area contributed by atoms with Crippen molar-refractivity contribution in [3.8, 4) is 0 Å². The number of halogens is 3. The van der Waals surface area contributed by atoms with E-state index in [0.29, 0.717) is 44.7 Å². The van der Waals surface area contributed by atoms with Crippen LogP contribution >= 0.6 is 34.8 Å². The summed E-state index contributed by atoms with van der Waals surface area (Å²) in [5, 5.41) is 1.57. The predicted molar refractivity (Wildman–Crippen MR) is 133 cm³/mol. The maximum Gasteiger partial charge on any atom is 0.224 e. The van der Waals surface area contributed by atoms with Crippen LogP contribution in [0, 0.1) is 6.92 Å². The van der Waals surface area contributed by atoms with Crippen molar-refractivity contribution in [3.63, 3.8) is 0 Å². The van der Waals surface area contributed by atoms with E-state index in [4.69, 9.17) is 34.8 Å². The highest BCUT2D eigenvalue weighted by molar-refractivity contribution is 6.35. The van der Waals surface area contributed by atoms with Crippen molar-refractivity contribution >= 4 is 58.6 Å². The molecule has 0 N–H and O–H groups in total. The number of carbonyl (C=O) groups excluding carboxylic acids is 2. The van der Waals surface area contributed by atoms with Crippen molar-refractivity contribution in [2.24, 2.45) is 0 Å². The van der Waals surface area contributed by atoms with Gasteiger partial charge in [0, 0.05) is 52.3 Å². The van der Waals surface area contributed by atoms with Crippen LogP contribution in [0.5, 0.6) is 0 Å². The normalized spacial score (nSPS) is 17.0. The van der Waals surface area contributed by atoms with E-state index in [2.05, 4.69) is 0 Å². The topological polar surface area (TPSA) is 40.6 Å². The van der Waals surface area contributed by atoms with E-state index in [9.17, 15) is 9.59 Å². The molecule has 1 amide bonds. The summed E-state index contributed by atoms with van der Waals surface area (Å²) in [5.74, 6) is -0.107. The molecule has 0 unspecified atom stereocenters. The molecule has 1 heterocycles. The lowest BCUT2D eigenvalue weighted by Gasteiger charge is -2.30. The number of ketones is 1. The van der Waals surface area contributed by atoms with Gasteiger partial charge in [-0.25, -0.2) is 0 Å². The first-order valence-electron chi connectivity index (χ1n) is 10.2. The molecule has 3 rings (SSSR count). The number of benzene rings is 2. The first-order valence-corrected chi connectivity index (χ1v) is 11.4. The highest BCUT2D eigenvalue weighted by Gasteiger charge is 2.29. The third-order valence-corrected chi connectivity index (χ3v) is 5.72. The summed E-state index contributed by atoms with van der Waals surface area (Å²) < 4.78 is 0. The Morgan fingerprint density at radius 2 is 1.41 bits per heavy atom. The number of hydrogen-bond acceptors (Lipinski definition) is 3. The number of nitrogens with zero attached hydrogens (tertiary/aromatic N) is 2. The molecule has 1 aliphatic heterocycles. The fourth-order valence-electron chi connectivity index (χ4n) is 3.60. The molecular formula is C25H25Cl3N2O2. The van der Waals surface area contributed by atoms with Gasteiger partial charge in [0.25, 0.3) is 0 Å². The average molecular weight is 492 g/mol. The number of aryl methyl sites for hydroxylation is 1. The zero-order chi connectivity index (χ0) is 23.4. The number of carbonyl (C=O) groups is 2. The second-order valence-electron chi connectivity index (χ2n) is 8.24. The molecule has 168 valence electrons. The number of Topliss-reactive ketones (excluding diaryl/α,β-unsaturated/α-hetero) is 1. The van der Waals surface area contributed by atoms with Gasteiger partial charge in [0.2, 0.25) is 5.91 Å². The fraction of sp³-hybridized carbons (Fsp3) is 0.280. The zero-order valence-electron chi connectivity index (χ0n) is 18.3. The van der Waals surface area contributed by atoms with Gasteiger partial charge in [-0.05, 0) is 80.2 Å². The third kappa shape index (κ3) is 6.69. The number of likely N-dealkylation sites (tertiary alicyclic amines) is 1. The number of piperidine rings is 1. The lowest BCUT2D eigenvalue weighted by atomic mass is 9.93. The van der Waals surface area contributed by atoms with Gasteiger partial charge in [-0.3, -0.25) is 9.59 Å². The maximum absolute atomic E-state index is 13.3. The maximum atomic E-state index is 13.3. The molecule has 7 heteroatoms. The quantitative estimate of drug-likeness (QED) is 0.497. The summed E-state index contributed by atoms with van der Waals surface area (Å²) in [5.41, 5.74) is 3.58. The summed E-state index contributed by atoms with van der Waals surface area (Å²) in [7, 11) is 3.85. The van der Waals surface area contributed by atoms with Crippen molar-refractivity contribution in [1.82, 2.24) is 9.80 Å². The van der Waals surface area contributed by atoms with Crippen LogP contribution in [0.15, 0.2) is 47.5 Å². The second kappa shape index (κ2) is 10.7. The van der Waals surface area contributed by atoms with Crippen molar-refractivity contribution in [1.29, 1.82) is 0 Å². The summed E-state index contributed by atoms with van der Waals surface area (Å²) in [6.45, 7) is 3.08. The van der Waals surface area contributed by atoms with Gasteiger partial charge in [0.05, 0.1) is 0 Å². The Balaban J connectivity index is 2.00. The van der Waals surface area contributed by atoms with Gasteiger partial charge in [0.15, 0.2) is 5.78 Å². The van der Waals surface area contributed by atoms with E-state index in [1.165, 1.54) is 0 Å². The lowest BCUT2D eigenvalue weighted by molar-refractivity contribution is -0.131. The molecule has 1 fully saturated rings. The lowest BCUT2D eigenvalue weighted by Crippen LogP contribution is -2.42. The van der Waals surface area contributed by atoms with Crippen LogP contribution in [0.1, 0.15) is 23.1 Å². The van der Waals surface area contributed by atoms with Crippen molar-refractivity contribution in [2.75, 3.05) is 33.7 Å². The van der Waals surface area contributed by atoms with Crippen LogP contribution < -0.4 is 0 Å². The summed E-state index contributed by atoms with van der Waals surface area (Å²) in [6.07, 6.45) is 3.94. The van der Waals surface area contributed by atoms with Gasteiger partial charge in [-0.2, -0.15) is 0 Å². The van der Waals surface area contributed by atoms with Gasteiger partial charge < -0.3 is 9.80 Å². The average Bonchev–Trinajstić information content (AvgIpc) is 2.67. The van der Waals surface area contributed by atoms with Crippen LogP contribution in [0.2, 0.25) is 15.1 Å². The number of amides is 1. The summed E-state index contributed by atoms with van der Waals surface area (Å²) in [6, 6.07) is 10.7. The van der Waals surface area contributed by atoms with Gasteiger partial charge >= 0.3 is 0 Å². The Labute approximate surface area is 204 Å². The molecule has 32 heavy (non-hydrogen) atoms. The first-order chi connectivity index (χ1) is 15.1. The minimum Gasteiger partial charge on any atom is -0.334 e. The zero-order valence-corrected chi connectivity index (χ0v) is 20.6. The smallest absolute Gasteiger partial charge is 0.224 e. The standard InChI is InChI=1S/C25H25Cl3N2O2/c1-16-6-17(10-21(26)7-16)8-19-14-30(24(31)4-5-29(2)3)15-20(25(19)32)9-18-11-22(27)13-23(28)12-18/h6-13H,4-5,14-15H2,1-3H3/b19-8+,20-9+.